The molecule has 3 aromatic rings. The van der Waals surface area contributed by atoms with Gasteiger partial charge in [0.15, 0.2) is 17.0 Å². The molecule has 1 aliphatic rings. The molecule has 0 unspecified atom stereocenters. The third-order valence-electron chi connectivity index (χ3n) is 4.57. The molecule has 5 nitrogen and oxygen atoms in total. The second-order valence-corrected chi connectivity index (χ2v) is 6.36. The number of nitrogens with two attached hydrogens (primary N) is 1. The van der Waals surface area contributed by atoms with Crippen molar-refractivity contribution in [1.29, 1.82) is 0 Å². The van der Waals surface area contributed by atoms with Crippen LogP contribution in [0.2, 0.25) is 0 Å². The van der Waals surface area contributed by atoms with Crippen LogP contribution in [0.15, 0.2) is 24.3 Å². The fourth-order valence-electron chi connectivity index (χ4n) is 3.26. The summed E-state index contributed by atoms with van der Waals surface area (Å²) >= 11 is 0. The van der Waals surface area contributed by atoms with Crippen molar-refractivity contribution in [3.63, 3.8) is 0 Å². The van der Waals surface area contributed by atoms with Crippen LogP contribution >= 0.6 is 0 Å². The Bertz CT molecular complexity index is 1010. The zero-order valence-electron chi connectivity index (χ0n) is 14.0. The zero-order chi connectivity index (χ0) is 17.4. The van der Waals surface area contributed by atoms with Gasteiger partial charge in [-0.15, -0.1) is 0 Å². The van der Waals surface area contributed by atoms with Gasteiger partial charge in [0.1, 0.15) is 11.6 Å². The number of aryl methyl sites for hydroxylation is 1. The van der Waals surface area contributed by atoms with Crippen LogP contribution in [0.25, 0.3) is 22.6 Å². The third-order valence-corrected chi connectivity index (χ3v) is 4.57. The van der Waals surface area contributed by atoms with Crippen LogP contribution in [-0.4, -0.2) is 19.5 Å². The van der Waals surface area contributed by atoms with E-state index in [9.17, 15) is 4.39 Å². The monoisotopic (exact) mass is 335 g/mol. The molecule has 0 amide bonds. The number of aromatic nitrogens is 4. The summed E-state index contributed by atoms with van der Waals surface area (Å²) in [6.07, 6.45) is 4.75. The Hall–Kier alpha value is -2.94. The molecule has 0 aliphatic heterocycles. The van der Waals surface area contributed by atoms with E-state index in [1.807, 2.05) is 7.05 Å². The van der Waals surface area contributed by atoms with Crippen molar-refractivity contribution in [3.05, 3.63) is 35.9 Å². The number of imidazole rings is 1. The highest BCUT2D eigenvalue weighted by molar-refractivity contribution is 5.85. The summed E-state index contributed by atoms with van der Waals surface area (Å²) in [5, 5.41) is 0. The van der Waals surface area contributed by atoms with Crippen molar-refractivity contribution < 1.29 is 4.39 Å². The maximum Gasteiger partial charge on any atom is 0.208 e. The molecule has 1 saturated carbocycles. The second-order valence-electron chi connectivity index (χ2n) is 6.36. The lowest BCUT2D eigenvalue weighted by molar-refractivity contribution is 0.628. The minimum Gasteiger partial charge on any atom is -0.382 e. The lowest BCUT2D eigenvalue weighted by Crippen LogP contribution is -2.00. The first-order valence-corrected chi connectivity index (χ1v) is 8.39. The van der Waals surface area contributed by atoms with Crippen LogP contribution in [-0.2, 0) is 7.05 Å². The average molecular weight is 335 g/mol. The Labute approximate surface area is 145 Å². The Morgan fingerprint density at radius 3 is 2.76 bits per heavy atom. The van der Waals surface area contributed by atoms with Crippen LogP contribution < -0.4 is 5.73 Å². The third kappa shape index (κ3) is 2.93. The Balaban J connectivity index is 1.79. The molecule has 0 saturated heterocycles. The molecule has 2 N–H and O–H groups in total. The number of nitrogens with zero attached hydrogens (tertiary/aromatic N) is 4. The first kappa shape index (κ1) is 15.6. The van der Waals surface area contributed by atoms with Crippen molar-refractivity contribution in [2.45, 2.75) is 25.7 Å². The molecule has 4 rings (SSSR count). The van der Waals surface area contributed by atoms with Crippen molar-refractivity contribution in [2.75, 3.05) is 5.73 Å². The normalized spacial score (nSPS) is 14.6. The highest BCUT2D eigenvalue weighted by Crippen LogP contribution is 2.26. The Morgan fingerprint density at radius 2 is 2.00 bits per heavy atom. The molecule has 25 heavy (non-hydrogen) atoms. The lowest BCUT2D eigenvalue weighted by Gasteiger charge is -2.02. The van der Waals surface area contributed by atoms with Crippen molar-refractivity contribution in [3.8, 4) is 23.2 Å². The first-order valence-electron chi connectivity index (χ1n) is 8.39. The summed E-state index contributed by atoms with van der Waals surface area (Å²) in [6, 6.07) is 6.29. The SMILES string of the molecule is Cn1c(-c2cccc(F)c2)nc2c(N)nc(C#CC3CCCC3)nc21. The largest absolute Gasteiger partial charge is 0.382 e. The molecule has 2 heterocycles. The van der Waals surface area contributed by atoms with Gasteiger partial charge >= 0.3 is 0 Å². The fraction of sp³-hybridized carbons (Fsp3) is 0.316. The van der Waals surface area contributed by atoms with Crippen molar-refractivity contribution in [2.24, 2.45) is 13.0 Å². The number of anilines is 1. The molecule has 0 bridgehead atoms. The van der Waals surface area contributed by atoms with E-state index in [0.717, 1.165) is 12.8 Å². The molecule has 0 atom stereocenters. The summed E-state index contributed by atoms with van der Waals surface area (Å²) in [5.41, 5.74) is 7.83. The zero-order valence-corrected chi connectivity index (χ0v) is 14.0. The summed E-state index contributed by atoms with van der Waals surface area (Å²) in [6.45, 7) is 0. The summed E-state index contributed by atoms with van der Waals surface area (Å²) in [5.74, 6) is 7.70. The number of nitrogen functional groups attached to an aromatic ring is 1. The molecule has 126 valence electrons. The minimum atomic E-state index is -0.313. The predicted octanol–water partition coefficient (Wildman–Crippen LogP) is 3.29. The molecule has 1 aromatic carbocycles. The van der Waals surface area contributed by atoms with Gasteiger partial charge in [0, 0.05) is 18.5 Å². The molecule has 6 heteroatoms. The van der Waals surface area contributed by atoms with E-state index >= 15 is 0 Å². The van der Waals surface area contributed by atoms with Gasteiger partial charge < -0.3 is 10.3 Å². The molecular weight excluding hydrogens is 317 g/mol. The molecule has 1 aliphatic carbocycles. The number of halogens is 1. The lowest BCUT2D eigenvalue weighted by atomic mass is 10.1. The smallest absolute Gasteiger partial charge is 0.208 e. The van der Waals surface area contributed by atoms with Crippen molar-refractivity contribution >= 4 is 17.0 Å². The minimum absolute atomic E-state index is 0.291. The van der Waals surface area contributed by atoms with Gasteiger partial charge in [-0.1, -0.05) is 30.9 Å². The summed E-state index contributed by atoms with van der Waals surface area (Å²) < 4.78 is 15.3. The van der Waals surface area contributed by atoms with Gasteiger partial charge in [0.2, 0.25) is 5.82 Å². The summed E-state index contributed by atoms with van der Waals surface area (Å²) in [7, 11) is 1.83. The number of rotatable bonds is 1. The number of hydrogen-bond acceptors (Lipinski definition) is 4. The first-order chi connectivity index (χ1) is 12.1. The van der Waals surface area contributed by atoms with Crippen LogP contribution in [0, 0.1) is 23.6 Å². The average Bonchev–Trinajstić information content (AvgIpc) is 3.22. The standard InChI is InChI=1S/C19H18FN5/c1-25-18(13-7-4-8-14(20)11-13)24-16-17(21)22-15(23-19(16)25)10-9-12-5-2-3-6-12/h4,7-8,11-12H,2-3,5-6H2,1H3,(H2,21,22,23). The second kappa shape index (κ2) is 6.17. The number of hydrogen-bond donors (Lipinski definition) is 1. The molecule has 2 aromatic heterocycles. The van der Waals surface area contributed by atoms with Gasteiger partial charge in [0.25, 0.3) is 0 Å². The van der Waals surface area contributed by atoms with E-state index in [2.05, 4.69) is 26.8 Å². The number of benzene rings is 1. The van der Waals surface area contributed by atoms with E-state index in [0.29, 0.717) is 40.1 Å². The van der Waals surface area contributed by atoms with E-state index in [1.165, 1.54) is 25.0 Å². The maximum absolute atomic E-state index is 13.5. The Kier molecular flexibility index (Phi) is 3.85. The molecule has 0 spiro atoms. The van der Waals surface area contributed by atoms with Crippen molar-refractivity contribution in [1.82, 2.24) is 19.5 Å². The predicted molar refractivity (Wildman–Crippen MR) is 94.9 cm³/mol. The van der Waals surface area contributed by atoms with E-state index in [4.69, 9.17) is 5.73 Å². The van der Waals surface area contributed by atoms with Gasteiger partial charge in [-0.2, -0.15) is 0 Å². The highest BCUT2D eigenvalue weighted by atomic mass is 19.1. The van der Waals surface area contributed by atoms with Crippen LogP contribution in [0.3, 0.4) is 0 Å². The van der Waals surface area contributed by atoms with E-state index in [-0.39, 0.29) is 5.82 Å². The maximum atomic E-state index is 13.5. The van der Waals surface area contributed by atoms with Gasteiger partial charge in [-0.25, -0.2) is 19.3 Å². The number of fused-ring (bicyclic) bond motifs is 1. The van der Waals surface area contributed by atoms with Gasteiger partial charge in [-0.3, -0.25) is 0 Å². The molecule has 0 radical (unpaired) electrons. The van der Waals surface area contributed by atoms with Gasteiger partial charge in [0.05, 0.1) is 0 Å². The summed E-state index contributed by atoms with van der Waals surface area (Å²) in [4.78, 5) is 13.3. The quantitative estimate of drug-likeness (QED) is 0.693. The highest BCUT2D eigenvalue weighted by Gasteiger charge is 2.16. The van der Waals surface area contributed by atoms with E-state index < -0.39 is 0 Å². The topological polar surface area (TPSA) is 69.6 Å². The Morgan fingerprint density at radius 1 is 1.20 bits per heavy atom. The molecule has 1 fully saturated rings. The van der Waals surface area contributed by atoms with E-state index in [1.54, 1.807) is 16.7 Å². The van der Waals surface area contributed by atoms with Crippen LogP contribution in [0.4, 0.5) is 10.2 Å². The fourth-order valence-corrected chi connectivity index (χ4v) is 3.26. The van der Waals surface area contributed by atoms with Gasteiger partial charge in [-0.05, 0) is 30.9 Å². The van der Waals surface area contributed by atoms with Crippen LogP contribution in [0.1, 0.15) is 31.5 Å². The van der Waals surface area contributed by atoms with Crippen LogP contribution in [0.5, 0.6) is 0 Å². The molecular formula is C19H18FN5.